The lowest BCUT2D eigenvalue weighted by atomic mass is 10.1. The summed E-state index contributed by atoms with van der Waals surface area (Å²) in [5.41, 5.74) is 1.32. The largest absolute Gasteiger partial charge is 0.395 e. The topological polar surface area (TPSA) is 67.1 Å². The number of aliphatic hydroxyl groups is 1. The van der Waals surface area contributed by atoms with Gasteiger partial charge in [0.05, 0.1) is 12.6 Å². The van der Waals surface area contributed by atoms with Gasteiger partial charge in [-0.1, -0.05) is 30.3 Å². The van der Waals surface area contributed by atoms with E-state index >= 15 is 0 Å². The van der Waals surface area contributed by atoms with Crippen LogP contribution in [-0.2, 0) is 13.5 Å². The van der Waals surface area contributed by atoms with Crippen molar-refractivity contribution in [2.75, 3.05) is 13.2 Å². The number of benzene rings is 1. The quantitative estimate of drug-likeness (QED) is 0.887. The predicted octanol–water partition coefficient (Wildman–Crippen LogP) is 0.951. The van der Waals surface area contributed by atoms with Crippen molar-refractivity contribution in [1.82, 2.24) is 25.1 Å². The van der Waals surface area contributed by atoms with Crippen LogP contribution in [0.1, 0.15) is 30.3 Å². The van der Waals surface area contributed by atoms with Gasteiger partial charge in [-0.25, -0.2) is 4.68 Å². The average molecular weight is 287 g/mol. The van der Waals surface area contributed by atoms with Crippen molar-refractivity contribution in [2.45, 2.75) is 31.3 Å². The summed E-state index contributed by atoms with van der Waals surface area (Å²) >= 11 is 0. The molecule has 2 atom stereocenters. The van der Waals surface area contributed by atoms with Crippen LogP contribution in [0.15, 0.2) is 30.3 Å². The van der Waals surface area contributed by atoms with Crippen molar-refractivity contribution in [3.8, 4) is 0 Å². The molecule has 0 amide bonds. The molecular weight excluding hydrogens is 266 g/mol. The Labute approximate surface area is 124 Å². The summed E-state index contributed by atoms with van der Waals surface area (Å²) in [6.45, 7) is 1.10. The van der Waals surface area contributed by atoms with E-state index in [0.717, 1.165) is 31.6 Å². The Hall–Kier alpha value is -1.79. The van der Waals surface area contributed by atoms with E-state index in [4.69, 9.17) is 0 Å². The van der Waals surface area contributed by atoms with Crippen molar-refractivity contribution >= 4 is 0 Å². The second kappa shape index (κ2) is 6.32. The number of hydrogen-bond acceptors (Lipinski definition) is 5. The molecule has 2 heterocycles. The van der Waals surface area contributed by atoms with Gasteiger partial charge in [0.1, 0.15) is 0 Å². The molecule has 1 aliphatic heterocycles. The van der Waals surface area contributed by atoms with Gasteiger partial charge in [0.2, 0.25) is 0 Å². The summed E-state index contributed by atoms with van der Waals surface area (Å²) in [4.78, 5) is 2.35. The lowest BCUT2D eigenvalue weighted by Crippen LogP contribution is -2.36. The molecule has 0 spiro atoms. The van der Waals surface area contributed by atoms with Gasteiger partial charge < -0.3 is 5.11 Å². The highest BCUT2D eigenvalue weighted by atomic mass is 16.3. The highest BCUT2D eigenvalue weighted by Crippen LogP contribution is 2.34. The lowest BCUT2D eigenvalue weighted by Gasteiger charge is -2.28. The van der Waals surface area contributed by atoms with E-state index in [0.29, 0.717) is 0 Å². The van der Waals surface area contributed by atoms with E-state index in [1.807, 2.05) is 13.1 Å². The van der Waals surface area contributed by atoms with Crippen LogP contribution in [0.25, 0.3) is 0 Å². The first kappa shape index (κ1) is 14.2. The molecule has 6 heteroatoms. The van der Waals surface area contributed by atoms with Crippen molar-refractivity contribution in [3.05, 3.63) is 41.7 Å². The van der Waals surface area contributed by atoms with Crippen molar-refractivity contribution < 1.29 is 5.11 Å². The summed E-state index contributed by atoms with van der Waals surface area (Å²) in [6, 6.07) is 10.8. The molecule has 0 unspecified atom stereocenters. The Morgan fingerprint density at radius 2 is 2.05 bits per heavy atom. The first-order chi connectivity index (χ1) is 10.3. The van der Waals surface area contributed by atoms with Gasteiger partial charge in [-0.15, -0.1) is 5.10 Å². The second-order valence-electron chi connectivity index (χ2n) is 5.56. The van der Waals surface area contributed by atoms with E-state index in [1.54, 1.807) is 4.68 Å². The second-order valence-corrected chi connectivity index (χ2v) is 5.56. The molecule has 112 valence electrons. The molecule has 0 saturated carbocycles. The van der Waals surface area contributed by atoms with Gasteiger partial charge in [-0.05, 0) is 35.3 Å². The minimum Gasteiger partial charge on any atom is -0.395 e. The highest BCUT2D eigenvalue weighted by Gasteiger charge is 2.36. The molecule has 1 aliphatic rings. The molecule has 0 aliphatic carbocycles. The van der Waals surface area contributed by atoms with Gasteiger partial charge in [0.25, 0.3) is 0 Å². The first-order valence-electron chi connectivity index (χ1n) is 7.42. The number of nitrogens with zero attached hydrogens (tertiary/aromatic N) is 5. The van der Waals surface area contributed by atoms with E-state index < -0.39 is 0 Å². The Balaban J connectivity index is 1.74. The Morgan fingerprint density at radius 1 is 1.24 bits per heavy atom. The lowest BCUT2D eigenvalue weighted by molar-refractivity contribution is 0.125. The van der Waals surface area contributed by atoms with Gasteiger partial charge in [0.15, 0.2) is 5.82 Å². The standard InChI is InChI=1S/C15H21N5O/c1-19-15(16-17-18-19)14-8-7-13(11-21)20(14)10-9-12-5-3-2-4-6-12/h2-6,13-14,21H,7-11H2,1H3/t13-,14-/m0/s1. The monoisotopic (exact) mass is 287 g/mol. The molecular formula is C15H21N5O. The third-order valence-corrected chi connectivity index (χ3v) is 4.31. The molecule has 1 N–H and O–H groups in total. The number of likely N-dealkylation sites (tertiary alicyclic amines) is 1. The van der Waals surface area contributed by atoms with Crippen LogP contribution in [0.4, 0.5) is 0 Å². The zero-order valence-corrected chi connectivity index (χ0v) is 12.3. The Bertz CT molecular complexity index is 570. The maximum absolute atomic E-state index is 9.62. The number of hydrogen-bond donors (Lipinski definition) is 1. The summed E-state index contributed by atoms with van der Waals surface area (Å²) in [5, 5.41) is 21.4. The number of rotatable bonds is 5. The van der Waals surface area contributed by atoms with Crippen LogP contribution in [0.3, 0.4) is 0 Å². The van der Waals surface area contributed by atoms with Crippen LogP contribution in [0, 0.1) is 0 Å². The minimum atomic E-state index is 0.191. The molecule has 0 bridgehead atoms. The zero-order valence-electron chi connectivity index (χ0n) is 12.3. The molecule has 2 aromatic rings. The van der Waals surface area contributed by atoms with E-state index in [2.05, 4.69) is 44.7 Å². The smallest absolute Gasteiger partial charge is 0.168 e. The predicted molar refractivity (Wildman–Crippen MR) is 78.5 cm³/mol. The number of aliphatic hydroxyl groups excluding tert-OH is 1. The van der Waals surface area contributed by atoms with Gasteiger partial charge in [-0.3, -0.25) is 4.90 Å². The van der Waals surface area contributed by atoms with E-state index in [1.165, 1.54) is 5.56 Å². The van der Waals surface area contributed by atoms with Crippen LogP contribution in [-0.4, -0.2) is 49.4 Å². The fourth-order valence-electron chi connectivity index (χ4n) is 3.17. The SMILES string of the molecule is Cn1nnnc1[C@@H]1CC[C@@H](CO)N1CCc1ccccc1. The Kier molecular flexibility index (Phi) is 4.26. The fraction of sp³-hybridized carbons (Fsp3) is 0.533. The molecule has 1 fully saturated rings. The van der Waals surface area contributed by atoms with Crippen molar-refractivity contribution in [1.29, 1.82) is 0 Å². The molecule has 1 aromatic carbocycles. The van der Waals surface area contributed by atoms with Crippen molar-refractivity contribution in [2.24, 2.45) is 7.05 Å². The molecule has 21 heavy (non-hydrogen) atoms. The van der Waals surface area contributed by atoms with Crippen LogP contribution in [0.5, 0.6) is 0 Å². The summed E-state index contributed by atoms with van der Waals surface area (Å²) < 4.78 is 1.74. The number of tetrazole rings is 1. The normalized spacial score (nSPS) is 22.8. The van der Waals surface area contributed by atoms with Crippen molar-refractivity contribution in [3.63, 3.8) is 0 Å². The molecule has 1 aromatic heterocycles. The van der Waals surface area contributed by atoms with Gasteiger partial charge >= 0.3 is 0 Å². The summed E-state index contributed by atoms with van der Waals surface area (Å²) in [5.74, 6) is 0.888. The summed E-state index contributed by atoms with van der Waals surface area (Å²) in [6.07, 6.45) is 2.95. The highest BCUT2D eigenvalue weighted by molar-refractivity contribution is 5.15. The third-order valence-electron chi connectivity index (χ3n) is 4.31. The van der Waals surface area contributed by atoms with Crippen LogP contribution in [0.2, 0.25) is 0 Å². The van der Waals surface area contributed by atoms with Gasteiger partial charge in [0, 0.05) is 19.6 Å². The van der Waals surface area contributed by atoms with E-state index in [9.17, 15) is 5.11 Å². The summed E-state index contributed by atoms with van der Waals surface area (Å²) in [7, 11) is 1.87. The first-order valence-corrected chi connectivity index (χ1v) is 7.42. The zero-order chi connectivity index (χ0) is 14.7. The van der Waals surface area contributed by atoms with Crippen LogP contribution < -0.4 is 0 Å². The minimum absolute atomic E-state index is 0.191. The van der Waals surface area contributed by atoms with E-state index in [-0.39, 0.29) is 18.7 Å². The van der Waals surface area contributed by atoms with Gasteiger partial charge in [-0.2, -0.15) is 0 Å². The third kappa shape index (κ3) is 2.96. The molecule has 3 rings (SSSR count). The molecule has 1 saturated heterocycles. The maximum atomic E-state index is 9.62. The number of aromatic nitrogens is 4. The average Bonchev–Trinajstić information content (AvgIpc) is 3.11. The Morgan fingerprint density at radius 3 is 2.71 bits per heavy atom. The van der Waals surface area contributed by atoms with Crippen LogP contribution >= 0.6 is 0 Å². The molecule has 0 radical (unpaired) electrons. The number of aryl methyl sites for hydroxylation is 1. The fourth-order valence-corrected chi connectivity index (χ4v) is 3.17. The maximum Gasteiger partial charge on any atom is 0.168 e. The molecule has 6 nitrogen and oxygen atoms in total.